The zero-order valence-electron chi connectivity index (χ0n) is 7.48. The molecule has 0 amide bonds. The van der Waals surface area contributed by atoms with E-state index in [1.54, 1.807) is 6.07 Å². The van der Waals surface area contributed by atoms with Crippen molar-refractivity contribution in [1.29, 1.82) is 0 Å². The van der Waals surface area contributed by atoms with Crippen LogP contribution in [0.15, 0.2) is 22.9 Å². The lowest BCUT2D eigenvalue weighted by atomic mass is 10.2. The molecule has 0 unspecified atom stereocenters. The molecule has 2 rings (SSSR count). The highest BCUT2D eigenvalue weighted by molar-refractivity contribution is 7.19. The number of thiophene rings is 1. The fourth-order valence-corrected chi connectivity index (χ4v) is 1.94. The van der Waals surface area contributed by atoms with Crippen LogP contribution in [0.5, 0.6) is 0 Å². The number of carbonyl (C=O) groups excluding carboxylic acids is 1. The second-order valence-electron chi connectivity index (χ2n) is 2.84. The molecule has 0 saturated heterocycles. The summed E-state index contributed by atoms with van der Waals surface area (Å²) >= 11 is 1.40. The number of nitrogens with zero attached hydrogens (tertiary/aromatic N) is 1. The summed E-state index contributed by atoms with van der Waals surface area (Å²) in [4.78, 5) is 12.1. The molecule has 2 heterocycles. The van der Waals surface area contributed by atoms with Gasteiger partial charge in [-0.1, -0.05) is 5.16 Å². The summed E-state index contributed by atoms with van der Waals surface area (Å²) in [6.07, 6.45) is 1.46. The van der Waals surface area contributed by atoms with Crippen molar-refractivity contribution in [1.82, 2.24) is 5.16 Å². The summed E-state index contributed by atoms with van der Waals surface area (Å²) in [7, 11) is 0. The van der Waals surface area contributed by atoms with Gasteiger partial charge in [-0.15, -0.1) is 11.3 Å². The summed E-state index contributed by atoms with van der Waals surface area (Å²) in [5, 5.41) is 4.35. The van der Waals surface area contributed by atoms with Gasteiger partial charge in [0.05, 0.1) is 10.6 Å². The lowest BCUT2D eigenvalue weighted by Crippen LogP contribution is -1.93. The van der Waals surface area contributed by atoms with Crippen LogP contribution in [0.4, 0.5) is 5.00 Å². The van der Waals surface area contributed by atoms with Crippen molar-refractivity contribution in [3.8, 4) is 10.4 Å². The van der Waals surface area contributed by atoms with E-state index in [2.05, 4.69) is 5.16 Å². The van der Waals surface area contributed by atoms with Crippen LogP contribution in [0.25, 0.3) is 10.4 Å². The standard InChI is InChI=1S/C9H8N2O2S/c1-5(12)9-6(4-13-11-9)7-2-3-8(10)14-7/h2-4H,10H2,1H3. The SMILES string of the molecule is CC(=O)c1nocc1-c1ccc(N)s1. The smallest absolute Gasteiger partial charge is 0.182 e. The Bertz CT molecular complexity index is 473. The molecule has 0 fully saturated rings. The highest BCUT2D eigenvalue weighted by Gasteiger charge is 2.15. The number of nitrogens with two attached hydrogens (primary N) is 1. The minimum Gasteiger partial charge on any atom is -0.391 e. The van der Waals surface area contributed by atoms with E-state index in [1.165, 1.54) is 24.5 Å². The van der Waals surface area contributed by atoms with Gasteiger partial charge in [0.2, 0.25) is 0 Å². The number of ketones is 1. The predicted molar refractivity (Wildman–Crippen MR) is 54.2 cm³/mol. The van der Waals surface area contributed by atoms with Crippen molar-refractivity contribution in [3.63, 3.8) is 0 Å². The monoisotopic (exact) mass is 208 g/mol. The van der Waals surface area contributed by atoms with Crippen molar-refractivity contribution in [2.24, 2.45) is 0 Å². The van der Waals surface area contributed by atoms with Crippen LogP contribution in [0.2, 0.25) is 0 Å². The Hall–Kier alpha value is -1.62. The summed E-state index contributed by atoms with van der Waals surface area (Å²) in [6.45, 7) is 1.46. The Balaban J connectivity index is 2.51. The molecule has 0 radical (unpaired) electrons. The number of hydrogen-bond acceptors (Lipinski definition) is 5. The van der Waals surface area contributed by atoms with E-state index >= 15 is 0 Å². The zero-order valence-corrected chi connectivity index (χ0v) is 8.30. The van der Waals surface area contributed by atoms with Crippen LogP contribution in [0.3, 0.4) is 0 Å². The largest absolute Gasteiger partial charge is 0.391 e. The number of carbonyl (C=O) groups is 1. The fourth-order valence-electron chi connectivity index (χ4n) is 1.16. The van der Waals surface area contributed by atoms with Crippen molar-refractivity contribution < 1.29 is 9.32 Å². The predicted octanol–water partition coefficient (Wildman–Crippen LogP) is 2.19. The maximum Gasteiger partial charge on any atom is 0.182 e. The summed E-state index contributed by atoms with van der Waals surface area (Å²) in [5.74, 6) is -0.110. The maximum atomic E-state index is 11.2. The highest BCUT2D eigenvalue weighted by atomic mass is 32.1. The molecule has 0 atom stereocenters. The van der Waals surface area contributed by atoms with Crippen LogP contribution >= 0.6 is 11.3 Å². The van der Waals surface area contributed by atoms with E-state index in [0.29, 0.717) is 16.3 Å². The number of nitrogen functional groups attached to an aromatic ring is 1. The molecule has 0 bridgehead atoms. The molecule has 0 aliphatic heterocycles. The first-order valence-corrected chi connectivity index (χ1v) is 4.81. The van der Waals surface area contributed by atoms with E-state index in [4.69, 9.17) is 10.3 Å². The third-order valence-electron chi connectivity index (χ3n) is 1.80. The number of Topliss-reactive ketones (excluding diaryl/α,β-unsaturated/α-hetero) is 1. The Morgan fingerprint density at radius 2 is 2.36 bits per heavy atom. The zero-order chi connectivity index (χ0) is 10.1. The topological polar surface area (TPSA) is 69.1 Å². The first-order chi connectivity index (χ1) is 6.68. The first-order valence-electron chi connectivity index (χ1n) is 3.99. The Kier molecular flexibility index (Phi) is 2.09. The van der Waals surface area contributed by atoms with Crippen LogP contribution < -0.4 is 5.73 Å². The molecular weight excluding hydrogens is 200 g/mol. The number of rotatable bonds is 2. The third kappa shape index (κ3) is 1.42. The normalized spacial score (nSPS) is 10.4. The molecule has 2 aromatic rings. The number of anilines is 1. The minimum absolute atomic E-state index is 0.110. The Morgan fingerprint density at radius 1 is 1.57 bits per heavy atom. The molecule has 4 nitrogen and oxygen atoms in total. The van der Waals surface area contributed by atoms with Gasteiger partial charge in [0.15, 0.2) is 11.5 Å². The highest BCUT2D eigenvalue weighted by Crippen LogP contribution is 2.31. The maximum absolute atomic E-state index is 11.2. The van der Waals surface area contributed by atoms with Gasteiger partial charge in [0, 0.05) is 11.8 Å². The number of aromatic nitrogens is 1. The van der Waals surface area contributed by atoms with E-state index in [0.717, 1.165) is 4.88 Å². The molecule has 0 aliphatic rings. The van der Waals surface area contributed by atoms with Gasteiger partial charge in [-0.3, -0.25) is 4.79 Å². The van der Waals surface area contributed by atoms with Gasteiger partial charge < -0.3 is 10.3 Å². The average molecular weight is 208 g/mol. The van der Waals surface area contributed by atoms with Gasteiger partial charge in [0.1, 0.15) is 6.26 Å². The molecule has 0 saturated carbocycles. The average Bonchev–Trinajstić information content (AvgIpc) is 2.70. The van der Waals surface area contributed by atoms with Crippen molar-refractivity contribution in [2.75, 3.05) is 5.73 Å². The van der Waals surface area contributed by atoms with Crippen LogP contribution in [0.1, 0.15) is 17.4 Å². The van der Waals surface area contributed by atoms with Crippen molar-refractivity contribution in [3.05, 3.63) is 24.1 Å². The van der Waals surface area contributed by atoms with Gasteiger partial charge in [-0.25, -0.2) is 0 Å². The fraction of sp³-hybridized carbons (Fsp3) is 0.111. The first kappa shape index (κ1) is 8.96. The molecule has 0 spiro atoms. The van der Waals surface area contributed by atoms with Gasteiger partial charge in [0.25, 0.3) is 0 Å². The number of hydrogen-bond donors (Lipinski definition) is 1. The summed E-state index contributed by atoms with van der Waals surface area (Å²) in [6, 6.07) is 3.63. The molecule has 14 heavy (non-hydrogen) atoms. The van der Waals surface area contributed by atoms with E-state index in [-0.39, 0.29) is 5.78 Å². The quantitative estimate of drug-likeness (QED) is 0.768. The second-order valence-corrected chi connectivity index (χ2v) is 3.95. The molecular formula is C9H8N2O2S. The van der Waals surface area contributed by atoms with Crippen molar-refractivity contribution in [2.45, 2.75) is 6.92 Å². The van der Waals surface area contributed by atoms with E-state index in [1.807, 2.05) is 6.07 Å². The molecule has 2 N–H and O–H groups in total. The molecule has 5 heteroatoms. The van der Waals surface area contributed by atoms with Crippen LogP contribution in [-0.2, 0) is 0 Å². The van der Waals surface area contributed by atoms with Crippen LogP contribution in [0, 0.1) is 0 Å². The minimum atomic E-state index is -0.110. The van der Waals surface area contributed by atoms with Gasteiger partial charge >= 0.3 is 0 Å². The Morgan fingerprint density at radius 3 is 2.93 bits per heavy atom. The summed E-state index contributed by atoms with van der Waals surface area (Å²) < 4.78 is 4.77. The molecule has 2 aromatic heterocycles. The van der Waals surface area contributed by atoms with Gasteiger partial charge in [-0.05, 0) is 12.1 Å². The van der Waals surface area contributed by atoms with Gasteiger partial charge in [-0.2, -0.15) is 0 Å². The molecule has 0 aromatic carbocycles. The van der Waals surface area contributed by atoms with E-state index < -0.39 is 0 Å². The lowest BCUT2D eigenvalue weighted by Gasteiger charge is -1.91. The van der Waals surface area contributed by atoms with E-state index in [9.17, 15) is 4.79 Å². The van der Waals surface area contributed by atoms with Crippen molar-refractivity contribution >= 4 is 22.1 Å². The molecule has 72 valence electrons. The Labute approximate surface area is 84.3 Å². The lowest BCUT2D eigenvalue weighted by molar-refractivity contribution is 0.101. The third-order valence-corrected chi connectivity index (χ3v) is 2.74. The summed E-state index contributed by atoms with van der Waals surface area (Å²) in [5.41, 5.74) is 6.65. The second kappa shape index (κ2) is 3.26. The van der Waals surface area contributed by atoms with Crippen LogP contribution in [-0.4, -0.2) is 10.9 Å². The molecule has 0 aliphatic carbocycles.